The van der Waals surface area contributed by atoms with Gasteiger partial charge >= 0.3 is 0 Å². The molecule has 0 fully saturated rings. The minimum atomic E-state index is 0.153. The molecule has 0 aliphatic rings. The fourth-order valence-corrected chi connectivity index (χ4v) is 3.10. The first-order chi connectivity index (χ1) is 8.45. The number of halogens is 1. The van der Waals surface area contributed by atoms with Crippen molar-refractivity contribution in [3.8, 4) is 0 Å². The van der Waals surface area contributed by atoms with Gasteiger partial charge in [0, 0.05) is 15.8 Å². The average Bonchev–Trinajstić information content (AvgIpc) is 2.56. The summed E-state index contributed by atoms with van der Waals surface area (Å²) < 4.78 is 0. The lowest BCUT2D eigenvalue weighted by Gasteiger charge is -2.14. The molecule has 0 radical (unpaired) electrons. The van der Waals surface area contributed by atoms with Crippen molar-refractivity contribution in [1.29, 1.82) is 0 Å². The number of hydrogen-bond donors (Lipinski definition) is 2. The molecule has 1 unspecified atom stereocenters. The SMILES string of the molecule is Cc1cc(C(C)Nc2cc(Cl)nc(N)n2)c(C)s1. The van der Waals surface area contributed by atoms with E-state index in [0.717, 1.165) is 0 Å². The summed E-state index contributed by atoms with van der Waals surface area (Å²) in [6.07, 6.45) is 0. The number of hydrogen-bond acceptors (Lipinski definition) is 5. The number of aryl methyl sites for hydroxylation is 2. The average molecular weight is 283 g/mol. The highest BCUT2D eigenvalue weighted by Gasteiger charge is 2.12. The van der Waals surface area contributed by atoms with Gasteiger partial charge in [-0.1, -0.05) is 11.6 Å². The second kappa shape index (κ2) is 5.12. The second-order valence-corrected chi connectivity index (χ2v) is 6.02. The van der Waals surface area contributed by atoms with Crippen LogP contribution in [0, 0.1) is 13.8 Å². The number of nitrogen functional groups attached to an aromatic ring is 1. The summed E-state index contributed by atoms with van der Waals surface area (Å²) in [4.78, 5) is 10.5. The van der Waals surface area contributed by atoms with Crippen LogP contribution in [-0.2, 0) is 0 Å². The number of nitrogens with two attached hydrogens (primary N) is 1. The third-order valence-electron chi connectivity index (χ3n) is 2.62. The molecule has 4 nitrogen and oxygen atoms in total. The summed E-state index contributed by atoms with van der Waals surface area (Å²) in [5.74, 6) is 0.818. The van der Waals surface area contributed by atoms with Crippen LogP contribution >= 0.6 is 22.9 Å². The Morgan fingerprint density at radius 3 is 2.61 bits per heavy atom. The molecule has 2 heterocycles. The molecule has 2 aromatic heterocycles. The Bertz CT molecular complexity index is 547. The lowest BCUT2D eigenvalue weighted by molar-refractivity contribution is 0.870. The van der Waals surface area contributed by atoms with Gasteiger partial charge in [0.05, 0.1) is 6.04 Å². The molecule has 0 aromatic carbocycles. The van der Waals surface area contributed by atoms with Gasteiger partial charge in [-0.15, -0.1) is 11.3 Å². The Hall–Kier alpha value is -1.33. The van der Waals surface area contributed by atoms with E-state index in [1.165, 1.54) is 15.3 Å². The fourth-order valence-electron chi connectivity index (χ4n) is 1.89. The van der Waals surface area contributed by atoms with Crippen molar-refractivity contribution in [2.24, 2.45) is 0 Å². The highest BCUT2D eigenvalue weighted by molar-refractivity contribution is 7.12. The molecule has 2 rings (SSSR count). The van der Waals surface area contributed by atoms with Gasteiger partial charge in [-0.2, -0.15) is 4.98 Å². The second-order valence-electron chi connectivity index (χ2n) is 4.17. The highest BCUT2D eigenvalue weighted by Crippen LogP contribution is 2.28. The van der Waals surface area contributed by atoms with E-state index in [1.54, 1.807) is 17.4 Å². The molecule has 0 spiro atoms. The number of rotatable bonds is 3. The maximum Gasteiger partial charge on any atom is 0.223 e. The zero-order chi connectivity index (χ0) is 13.3. The lowest BCUT2D eigenvalue weighted by Crippen LogP contribution is -2.09. The fraction of sp³-hybridized carbons (Fsp3) is 0.333. The van der Waals surface area contributed by atoms with Crippen molar-refractivity contribution in [1.82, 2.24) is 9.97 Å². The van der Waals surface area contributed by atoms with Crippen LogP contribution in [0.15, 0.2) is 12.1 Å². The molecule has 0 aliphatic heterocycles. The molecule has 0 bridgehead atoms. The van der Waals surface area contributed by atoms with Crippen LogP contribution in [0.2, 0.25) is 5.15 Å². The van der Waals surface area contributed by atoms with E-state index in [2.05, 4.69) is 42.1 Å². The van der Waals surface area contributed by atoms with Crippen LogP contribution in [0.5, 0.6) is 0 Å². The van der Waals surface area contributed by atoms with Crippen molar-refractivity contribution in [2.45, 2.75) is 26.8 Å². The summed E-state index contributed by atoms with van der Waals surface area (Å²) in [7, 11) is 0. The Morgan fingerprint density at radius 2 is 2.06 bits per heavy atom. The molecular weight excluding hydrogens is 268 g/mol. The smallest absolute Gasteiger partial charge is 0.223 e. The standard InChI is InChI=1S/C12H15ClN4S/c1-6-4-9(8(3)18-6)7(2)15-11-5-10(13)16-12(14)17-11/h4-5,7H,1-3H3,(H3,14,15,16,17). The van der Waals surface area contributed by atoms with Crippen LogP contribution in [0.4, 0.5) is 11.8 Å². The molecule has 6 heteroatoms. The topological polar surface area (TPSA) is 63.8 Å². The van der Waals surface area contributed by atoms with E-state index < -0.39 is 0 Å². The van der Waals surface area contributed by atoms with Crippen LogP contribution < -0.4 is 11.1 Å². The van der Waals surface area contributed by atoms with E-state index in [0.29, 0.717) is 11.0 Å². The van der Waals surface area contributed by atoms with E-state index >= 15 is 0 Å². The number of nitrogens with zero attached hydrogens (tertiary/aromatic N) is 2. The van der Waals surface area contributed by atoms with Crippen molar-refractivity contribution >= 4 is 34.7 Å². The van der Waals surface area contributed by atoms with E-state index in [4.69, 9.17) is 17.3 Å². The summed E-state index contributed by atoms with van der Waals surface area (Å²) >= 11 is 7.64. The van der Waals surface area contributed by atoms with Crippen LogP contribution in [0.3, 0.4) is 0 Å². The minimum Gasteiger partial charge on any atom is -0.368 e. The summed E-state index contributed by atoms with van der Waals surface area (Å²) in [5, 5.41) is 3.63. The normalized spacial score (nSPS) is 12.4. The number of nitrogens with one attached hydrogen (secondary N) is 1. The molecule has 96 valence electrons. The summed E-state index contributed by atoms with van der Waals surface area (Å²) in [6, 6.07) is 4.01. The van der Waals surface area contributed by atoms with Crippen molar-refractivity contribution < 1.29 is 0 Å². The van der Waals surface area contributed by atoms with Crippen molar-refractivity contribution in [3.63, 3.8) is 0 Å². The number of anilines is 2. The minimum absolute atomic E-state index is 0.153. The van der Waals surface area contributed by atoms with Crippen molar-refractivity contribution in [3.05, 3.63) is 32.6 Å². The predicted octanol–water partition coefficient (Wildman–Crippen LogP) is 3.56. The number of thiophene rings is 1. The van der Waals surface area contributed by atoms with Gasteiger partial charge < -0.3 is 11.1 Å². The maximum atomic E-state index is 5.85. The summed E-state index contributed by atoms with van der Waals surface area (Å²) in [5.41, 5.74) is 6.83. The molecule has 0 aliphatic carbocycles. The lowest BCUT2D eigenvalue weighted by atomic mass is 10.1. The third kappa shape index (κ3) is 2.91. The molecule has 1 atom stereocenters. The van der Waals surface area contributed by atoms with Gasteiger partial charge in [0.25, 0.3) is 0 Å². The molecule has 0 saturated heterocycles. The van der Waals surface area contributed by atoms with Crippen LogP contribution in [0.25, 0.3) is 0 Å². The Morgan fingerprint density at radius 1 is 1.33 bits per heavy atom. The van der Waals surface area contributed by atoms with Crippen LogP contribution in [0.1, 0.15) is 28.3 Å². The molecule has 0 amide bonds. The molecule has 3 N–H and O–H groups in total. The van der Waals surface area contributed by atoms with Gasteiger partial charge in [0.15, 0.2) is 0 Å². The molecule has 2 aromatic rings. The Labute approximate surface area is 115 Å². The Kier molecular flexibility index (Phi) is 3.73. The van der Waals surface area contributed by atoms with Gasteiger partial charge in [-0.05, 0) is 32.4 Å². The van der Waals surface area contributed by atoms with Gasteiger partial charge in [0.1, 0.15) is 11.0 Å². The zero-order valence-electron chi connectivity index (χ0n) is 10.5. The first-order valence-electron chi connectivity index (χ1n) is 5.59. The maximum absolute atomic E-state index is 5.85. The van der Waals surface area contributed by atoms with Gasteiger partial charge in [-0.25, -0.2) is 4.98 Å². The molecular formula is C12H15ClN4S. The number of aromatic nitrogens is 2. The van der Waals surface area contributed by atoms with Crippen molar-refractivity contribution in [2.75, 3.05) is 11.1 Å². The summed E-state index contributed by atoms with van der Waals surface area (Å²) in [6.45, 7) is 6.31. The van der Waals surface area contributed by atoms with Crippen LogP contribution in [-0.4, -0.2) is 9.97 Å². The van der Waals surface area contributed by atoms with Gasteiger partial charge in [0.2, 0.25) is 5.95 Å². The molecule has 0 saturated carbocycles. The first-order valence-corrected chi connectivity index (χ1v) is 6.78. The zero-order valence-corrected chi connectivity index (χ0v) is 12.1. The van der Waals surface area contributed by atoms with Gasteiger partial charge in [-0.3, -0.25) is 0 Å². The van der Waals surface area contributed by atoms with E-state index in [-0.39, 0.29) is 12.0 Å². The van der Waals surface area contributed by atoms with E-state index in [1.807, 2.05) is 0 Å². The quantitative estimate of drug-likeness (QED) is 0.845. The molecule has 18 heavy (non-hydrogen) atoms. The largest absolute Gasteiger partial charge is 0.368 e. The Balaban J connectivity index is 2.20. The highest BCUT2D eigenvalue weighted by atomic mass is 35.5. The first kappa shape index (κ1) is 13.1. The van der Waals surface area contributed by atoms with E-state index in [9.17, 15) is 0 Å². The predicted molar refractivity (Wildman–Crippen MR) is 77.3 cm³/mol. The monoisotopic (exact) mass is 282 g/mol. The third-order valence-corrected chi connectivity index (χ3v) is 3.80.